The predicted octanol–water partition coefficient (Wildman–Crippen LogP) is 1.05. The van der Waals surface area contributed by atoms with Crippen molar-refractivity contribution in [2.24, 2.45) is 5.73 Å². The molecule has 0 spiro atoms. The van der Waals surface area contributed by atoms with Crippen LogP contribution in [0, 0.1) is 0 Å². The van der Waals surface area contributed by atoms with E-state index < -0.39 is 0 Å². The van der Waals surface area contributed by atoms with Crippen molar-refractivity contribution in [2.45, 2.75) is 19.1 Å². The highest BCUT2D eigenvalue weighted by atomic mass is 16.5. The van der Waals surface area contributed by atoms with Crippen LogP contribution in [0.25, 0.3) is 5.65 Å². The zero-order chi connectivity index (χ0) is 13.2. The van der Waals surface area contributed by atoms with Crippen LogP contribution in [0.2, 0.25) is 0 Å². The number of likely N-dealkylation sites (N-methyl/N-ethyl adjacent to an activating group) is 1. The van der Waals surface area contributed by atoms with Crippen molar-refractivity contribution < 1.29 is 4.74 Å². The van der Waals surface area contributed by atoms with E-state index in [1.54, 1.807) is 0 Å². The highest BCUT2D eigenvalue weighted by Gasteiger charge is 2.33. The van der Waals surface area contributed by atoms with Crippen LogP contribution in [0.4, 0.5) is 0 Å². The molecule has 3 rings (SSSR count). The Kier molecular flexibility index (Phi) is 3.50. The average Bonchev–Trinajstić information content (AvgIpc) is 2.89. The standard InChI is InChI=1S/C14H20N4O/c1-2-17-7-8-19-12(9-15)14(17)11-10-18-6-4-3-5-13(18)16-11/h3-6,10,12,14H,2,7-9,15H2,1H3. The Balaban J connectivity index is 2.00. The molecule has 3 heterocycles. The number of ether oxygens (including phenoxy) is 1. The molecule has 1 saturated heterocycles. The van der Waals surface area contributed by atoms with E-state index in [0.29, 0.717) is 6.54 Å². The molecule has 2 N–H and O–H groups in total. The molecule has 1 aliphatic heterocycles. The van der Waals surface area contributed by atoms with Gasteiger partial charge in [-0.2, -0.15) is 0 Å². The van der Waals surface area contributed by atoms with E-state index in [4.69, 9.17) is 15.5 Å². The van der Waals surface area contributed by atoms with Crippen LogP contribution < -0.4 is 5.73 Å². The van der Waals surface area contributed by atoms with E-state index in [1.807, 2.05) is 28.8 Å². The fraction of sp³-hybridized carbons (Fsp3) is 0.500. The molecular weight excluding hydrogens is 240 g/mol. The van der Waals surface area contributed by atoms with Crippen molar-refractivity contribution in [1.29, 1.82) is 0 Å². The van der Waals surface area contributed by atoms with Gasteiger partial charge in [0.05, 0.1) is 24.4 Å². The van der Waals surface area contributed by atoms with Gasteiger partial charge in [-0.25, -0.2) is 4.98 Å². The Morgan fingerprint density at radius 3 is 3.11 bits per heavy atom. The lowest BCUT2D eigenvalue weighted by atomic mass is 10.0. The zero-order valence-electron chi connectivity index (χ0n) is 11.2. The second kappa shape index (κ2) is 5.28. The SMILES string of the molecule is CCN1CCOC(CN)C1c1cn2ccccc2n1. The Morgan fingerprint density at radius 1 is 1.47 bits per heavy atom. The van der Waals surface area contributed by atoms with Crippen LogP contribution >= 0.6 is 0 Å². The highest BCUT2D eigenvalue weighted by molar-refractivity contribution is 5.40. The summed E-state index contributed by atoms with van der Waals surface area (Å²) in [6, 6.07) is 6.18. The van der Waals surface area contributed by atoms with E-state index in [2.05, 4.69) is 18.0 Å². The molecule has 0 aliphatic carbocycles. The summed E-state index contributed by atoms with van der Waals surface area (Å²) >= 11 is 0. The van der Waals surface area contributed by atoms with Crippen LogP contribution in [0.3, 0.4) is 0 Å². The van der Waals surface area contributed by atoms with Gasteiger partial charge in [-0.3, -0.25) is 4.90 Å². The van der Waals surface area contributed by atoms with Gasteiger partial charge in [0.1, 0.15) is 5.65 Å². The van der Waals surface area contributed by atoms with Crippen LogP contribution in [0.5, 0.6) is 0 Å². The molecule has 2 aromatic heterocycles. The van der Waals surface area contributed by atoms with Gasteiger partial charge in [0, 0.05) is 25.5 Å². The van der Waals surface area contributed by atoms with Gasteiger partial charge in [-0.15, -0.1) is 0 Å². The van der Waals surface area contributed by atoms with Crippen molar-refractivity contribution in [3.63, 3.8) is 0 Å². The summed E-state index contributed by atoms with van der Waals surface area (Å²) in [6.07, 6.45) is 4.13. The number of nitrogens with zero attached hydrogens (tertiary/aromatic N) is 3. The lowest BCUT2D eigenvalue weighted by molar-refractivity contribution is -0.0670. The lowest BCUT2D eigenvalue weighted by Gasteiger charge is -2.39. The monoisotopic (exact) mass is 260 g/mol. The van der Waals surface area contributed by atoms with E-state index in [0.717, 1.165) is 31.0 Å². The van der Waals surface area contributed by atoms with E-state index >= 15 is 0 Å². The number of morpholine rings is 1. The summed E-state index contributed by atoms with van der Waals surface area (Å²) in [7, 11) is 0. The maximum absolute atomic E-state index is 5.86. The fourth-order valence-electron chi connectivity index (χ4n) is 2.81. The fourth-order valence-corrected chi connectivity index (χ4v) is 2.81. The minimum absolute atomic E-state index is 0.0265. The van der Waals surface area contributed by atoms with E-state index in [9.17, 15) is 0 Å². The summed E-state index contributed by atoms with van der Waals surface area (Å²) in [5.41, 5.74) is 7.87. The third kappa shape index (κ3) is 2.25. The molecule has 2 aromatic rings. The number of hydrogen-bond donors (Lipinski definition) is 1. The van der Waals surface area contributed by atoms with Crippen molar-refractivity contribution >= 4 is 5.65 Å². The average molecular weight is 260 g/mol. The Labute approximate surface area is 113 Å². The molecule has 2 atom stereocenters. The number of imidazole rings is 1. The third-order valence-corrected chi connectivity index (χ3v) is 3.78. The Hall–Kier alpha value is -1.43. The third-order valence-electron chi connectivity index (χ3n) is 3.78. The van der Waals surface area contributed by atoms with Gasteiger partial charge >= 0.3 is 0 Å². The van der Waals surface area contributed by atoms with Crippen molar-refractivity contribution in [2.75, 3.05) is 26.2 Å². The number of nitrogens with two attached hydrogens (primary N) is 1. The molecule has 19 heavy (non-hydrogen) atoms. The molecule has 0 amide bonds. The first-order valence-corrected chi connectivity index (χ1v) is 6.83. The lowest BCUT2D eigenvalue weighted by Crippen LogP contribution is -2.48. The van der Waals surface area contributed by atoms with Crippen molar-refractivity contribution in [3.8, 4) is 0 Å². The largest absolute Gasteiger partial charge is 0.374 e. The first kappa shape index (κ1) is 12.6. The second-order valence-electron chi connectivity index (χ2n) is 4.85. The Bertz CT molecular complexity index is 508. The maximum atomic E-state index is 5.86. The molecule has 1 fully saturated rings. The molecule has 5 nitrogen and oxygen atoms in total. The van der Waals surface area contributed by atoms with Crippen molar-refractivity contribution in [3.05, 3.63) is 36.3 Å². The second-order valence-corrected chi connectivity index (χ2v) is 4.85. The smallest absolute Gasteiger partial charge is 0.137 e. The molecule has 0 radical (unpaired) electrons. The molecule has 102 valence electrons. The summed E-state index contributed by atoms with van der Waals surface area (Å²) in [5.74, 6) is 0. The quantitative estimate of drug-likeness (QED) is 0.896. The summed E-state index contributed by atoms with van der Waals surface area (Å²) in [6.45, 7) is 5.36. The minimum atomic E-state index is 0.0265. The number of hydrogen-bond acceptors (Lipinski definition) is 4. The summed E-state index contributed by atoms with van der Waals surface area (Å²) in [5, 5.41) is 0. The minimum Gasteiger partial charge on any atom is -0.374 e. The normalized spacial score (nSPS) is 24.9. The first-order valence-electron chi connectivity index (χ1n) is 6.83. The molecule has 1 aliphatic rings. The number of aromatic nitrogens is 2. The van der Waals surface area contributed by atoms with Gasteiger partial charge in [-0.05, 0) is 18.7 Å². The van der Waals surface area contributed by atoms with Crippen LogP contribution in [-0.2, 0) is 4.74 Å². The topological polar surface area (TPSA) is 55.8 Å². The van der Waals surface area contributed by atoms with Gasteiger partial charge in [0.25, 0.3) is 0 Å². The van der Waals surface area contributed by atoms with Crippen LogP contribution in [0.1, 0.15) is 18.7 Å². The molecule has 2 unspecified atom stereocenters. The van der Waals surface area contributed by atoms with E-state index in [1.165, 1.54) is 0 Å². The predicted molar refractivity (Wildman–Crippen MR) is 74.0 cm³/mol. The highest BCUT2D eigenvalue weighted by Crippen LogP contribution is 2.28. The molecule has 5 heteroatoms. The maximum Gasteiger partial charge on any atom is 0.137 e. The van der Waals surface area contributed by atoms with Gasteiger partial charge in [-0.1, -0.05) is 13.0 Å². The van der Waals surface area contributed by atoms with Gasteiger partial charge in [0.2, 0.25) is 0 Å². The van der Waals surface area contributed by atoms with Gasteiger partial charge < -0.3 is 14.9 Å². The number of pyridine rings is 1. The number of rotatable bonds is 3. The molecular formula is C14H20N4O. The number of fused-ring (bicyclic) bond motifs is 1. The Morgan fingerprint density at radius 2 is 2.37 bits per heavy atom. The summed E-state index contributed by atoms with van der Waals surface area (Å²) < 4.78 is 7.85. The summed E-state index contributed by atoms with van der Waals surface area (Å²) in [4.78, 5) is 7.11. The van der Waals surface area contributed by atoms with Crippen LogP contribution in [-0.4, -0.2) is 46.6 Å². The first-order chi connectivity index (χ1) is 9.33. The van der Waals surface area contributed by atoms with E-state index in [-0.39, 0.29) is 12.1 Å². The van der Waals surface area contributed by atoms with Crippen molar-refractivity contribution in [1.82, 2.24) is 14.3 Å². The van der Waals surface area contributed by atoms with Crippen LogP contribution in [0.15, 0.2) is 30.6 Å². The van der Waals surface area contributed by atoms with Gasteiger partial charge in [0.15, 0.2) is 0 Å². The molecule has 0 aromatic carbocycles. The molecule has 0 saturated carbocycles. The zero-order valence-corrected chi connectivity index (χ0v) is 11.2. The molecule has 0 bridgehead atoms.